The molecular weight excluding hydrogens is 158 g/mol. The van der Waals surface area contributed by atoms with Crippen molar-refractivity contribution in [2.24, 2.45) is 0 Å². The number of aliphatic hydroxyl groups is 2. The summed E-state index contributed by atoms with van der Waals surface area (Å²) in [6.45, 7) is 0.513. The molecule has 0 bridgehead atoms. The van der Waals surface area contributed by atoms with E-state index in [1.165, 1.54) is 0 Å². The molecule has 4 nitrogen and oxygen atoms in total. The van der Waals surface area contributed by atoms with Crippen molar-refractivity contribution in [1.29, 1.82) is 0 Å². The zero-order chi connectivity index (χ0) is 8.82. The summed E-state index contributed by atoms with van der Waals surface area (Å²) < 4.78 is 0. The molecule has 68 valence electrons. The minimum absolute atomic E-state index is 0.221. The Morgan fingerprint density at radius 1 is 1.33 bits per heavy atom. The lowest BCUT2D eigenvalue weighted by molar-refractivity contribution is -0.179. The molecule has 2 atom stereocenters. The Kier molecular flexibility index (Phi) is 1.55. The van der Waals surface area contributed by atoms with Crippen molar-refractivity contribution in [2.45, 2.75) is 37.0 Å². The van der Waals surface area contributed by atoms with Gasteiger partial charge in [0.1, 0.15) is 0 Å². The average Bonchev–Trinajstić information content (AvgIpc) is 2.30. The van der Waals surface area contributed by atoms with Crippen LogP contribution in [0.4, 0.5) is 0 Å². The molecule has 0 aromatic heterocycles. The molecule has 0 aromatic carbocycles. The summed E-state index contributed by atoms with van der Waals surface area (Å²) in [5.74, 6) is -0.221. The van der Waals surface area contributed by atoms with Crippen molar-refractivity contribution < 1.29 is 15.0 Å². The van der Waals surface area contributed by atoms with Crippen LogP contribution in [0.15, 0.2) is 0 Å². The molecule has 1 saturated heterocycles. The molecule has 3 N–H and O–H groups in total. The third-order valence-corrected chi connectivity index (χ3v) is 2.99. The number of rotatable bonds is 0. The standard InChI is InChI=1S/C8H13NO3/c10-6-2-1-3-8(12)7(6,11)4-5-9-8/h9,11-12H,1-5H2. The molecule has 2 unspecified atom stereocenters. The van der Waals surface area contributed by atoms with Gasteiger partial charge in [0.25, 0.3) is 0 Å². The van der Waals surface area contributed by atoms with Gasteiger partial charge in [-0.25, -0.2) is 0 Å². The zero-order valence-electron chi connectivity index (χ0n) is 6.84. The third-order valence-electron chi connectivity index (χ3n) is 2.99. The zero-order valence-corrected chi connectivity index (χ0v) is 6.84. The Hall–Kier alpha value is -0.450. The number of carbonyl (C=O) groups excluding carboxylic acids is 1. The third kappa shape index (κ3) is 0.800. The van der Waals surface area contributed by atoms with E-state index >= 15 is 0 Å². The lowest BCUT2D eigenvalue weighted by atomic mass is 9.77. The van der Waals surface area contributed by atoms with Crippen LogP contribution in [0.2, 0.25) is 0 Å². The Balaban J connectivity index is 2.36. The van der Waals surface area contributed by atoms with Crippen LogP contribution in [-0.4, -0.2) is 33.9 Å². The van der Waals surface area contributed by atoms with Crippen LogP contribution in [0.25, 0.3) is 0 Å². The average molecular weight is 171 g/mol. The number of ketones is 1. The van der Waals surface area contributed by atoms with E-state index in [1.54, 1.807) is 0 Å². The van der Waals surface area contributed by atoms with Crippen molar-refractivity contribution in [1.82, 2.24) is 5.32 Å². The highest BCUT2D eigenvalue weighted by Crippen LogP contribution is 2.38. The van der Waals surface area contributed by atoms with Crippen LogP contribution >= 0.6 is 0 Å². The van der Waals surface area contributed by atoms with Gasteiger partial charge in [0.05, 0.1) is 0 Å². The summed E-state index contributed by atoms with van der Waals surface area (Å²) in [6, 6.07) is 0. The van der Waals surface area contributed by atoms with Gasteiger partial charge in [0.15, 0.2) is 17.1 Å². The molecule has 0 radical (unpaired) electrons. The van der Waals surface area contributed by atoms with E-state index in [4.69, 9.17) is 0 Å². The van der Waals surface area contributed by atoms with Gasteiger partial charge in [-0.15, -0.1) is 0 Å². The molecule has 1 aliphatic heterocycles. The van der Waals surface area contributed by atoms with Crippen molar-refractivity contribution >= 4 is 5.78 Å². The van der Waals surface area contributed by atoms with E-state index in [0.717, 1.165) is 0 Å². The van der Waals surface area contributed by atoms with Gasteiger partial charge in [-0.05, 0) is 12.8 Å². The number of hydrogen-bond donors (Lipinski definition) is 3. The van der Waals surface area contributed by atoms with Crippen molar-refractivity contribution in [2.75, 3.05) is 6.54 Å². The molecule has 0 amide bonds. The van der Waals surface area contributed by atoms with Crippen molar-refractivity contribution in [3.63, 3.8) is 0 Å². The maximum absolute atomic E-state index is 11.4. The van der Waals surface area contributed by atoms with E-state index < -0.39 is 11.3 Å². The van der Waals surface area contributed by atoms with Gasteiger partial charge >= 0.3 is 0 Å². The van der Waals surface area contributed by atoms with Gasteiger partial charge < -0.3 is 10.2 Å². The molecule has 0 spiro atoms. The summed E-state index contributed by atoms with van der Waals surface area (Å²) in [4.78, 5) is 11.4. The minimum atomic E-state index is -1.51. The monoisotopic (exact) mass is 171 g/mol. The molecule has 12 heavy (non-hydrogen) atoms. The van der Waals surface area contributed by atoms with E-state index in [2.05, 4.69) is 5.32 Å². The molecule has 1 saturated carbocycles. The fraction of sp³-hybridized carbons (Fsp3) is 0.875. The largest absolute Gasteiger partial charge is 0.378 e. The van der Waals surface area contributed by atoms with Gasteiger partial charge in [-0.3, -0.25) is 10.1 Å². The SMILES string of the molecule is O=C1CCCC2(O)NCCC12O. The Morgan fingerprint density at radius 3 is 2.75 bits per heavy atom. The second-order valence-corrected chi connectivity index (χ2v) is 3.67. The number of hydrogen-bond acceptors (Lipinski definition) is 4. The first-order chi connectivity index (χ1) is 5.58. The van der Waals surface area contributed by atoms with Crippen LogP contribution in [0.5, 0.6) is 0 Å². The highest BCUT2D eigenvalue weighted by atomic mass is 16.4. The summed E-state index contributed by atoms with van der Waals surface area (Å²) in [7, 11) is 0. The molecule has 2 aliphatic rings. The van der Waals surface area contributed by atoms with E-state index in [-0.39, 0.29) is 5.78 Å². The lowest BCUT2D eigenvalue weighted by Gasteiger charge is -2.39. The van der Waals surface area contributed by atoms with E-state index in [1.807, 2.05) is 0 Å². The molecule has 1 aliphatic carbocycles. The predicted octanol–water partition coefficient (Wildman–Crippen LogP) is -0.848. The fourth-order valence-electron chi connectivity index (χ4n) is 2.18. The van der Waals surface area contributed by atoms with Gasteiger partial charge in [0, 0.05) is 19.4 Å². The number of fused-ring (bicyclic) bond motifs is 1. The van der Waals surface area contributed by atoms with E-state index in [9.17, 15) is 15.0 Å². The molecule has 2 rings (SSSR count). The first-order valence-electron chi connectivity index (χ1n) is 4.32. The maximum atomic E-state index is 11.4. The van der Waals surface area contributed by atoms with Crippen LogP contribution in [0, 0.1) is 0 Å². The predicted molar refractivity (Wildman–Crippen MR) is 41.4 cm³/mol. The van der Waals surface area contributed by atoms with E-state index in [0.29, 0.717) is 32.2 Å². The fourth-order valence-corrected chi connectivity index (χ4v) is 2.18. The van der Waals surface area contributed by atoms with Gasteiger partial charge in [-0.1, -0.05) is 0 Å². The number of Topliss-reactive ketones (excluding diaryl/α,β-unsaturated/α-hetero) is 1. The Morgan fingerprint density at radius 2 is 2.08 bits per heavy atom. The van der Waals surface area contributed by atoms with Gasteiger partial charge in [0.2, 0.25) is 0 Å². The van der Waals surface area contributed by atoms with Crippen LogP contribution in [-0.2, 0) is 4.79 Å². The normalized spacial score (nSPS) is 47.7. The van der Waals surface area contributed by atoms with Crippen LogP contribution < -0.4 is 5.32 Å². The molecule has 4 heteroatoms. The van der Waals surface area contributed by atoms with Crippen molar-refractivity contribution in [3.8, 4) is 0 Å². The van der Waals surface area contributed by atoms with Crippen LogP contribution in [0.1, 0.15) is 25.7 Å². The molecular formula is C8H13NO3. The minimum Gasteiger partial charge on any atom is -0.378 e. The molecule has 2 fully saturated rings. The van der Waals surface area contributed by atoms with Crippen LogP contribution in [0.3, 0.4) is 0 Å². The summed E-state index contributed by atoms with van der Waals surface area (Å²) in [6.07, 6.45) is 1.85. The Bertz CT molecular complexity index is 230. The lowest BCUT2D eigenvalue weighted by Crippen LogP contribution is -2.62. The molecule has 1 heterocycles. The second kappa shape index (κ2) is 2.28. The quantitative estimate of drug-likeness (QED) is 0.444. The highest BCUT2D eigenvalue weighted by Gasteiger charge is 2.59. The first kappa shape index (κ1) is 8.16. The number of nitrogens with one attached hydrogen (secondary N) is 1. The van der Waals surface area contributed by atoms with Gasteiger partial charge in [-0.2, -0.15) is 0 Å². The van der Waals surface area contributed by atoms with Crippen molar-refractivity contribution in [3.05, 3.63) is 0 Å². The smallest absolute Gasteiger partial charge is 0.168 e. The highest BCUT2D eigenvalue weighted by molar-refractivity contribution is 5.89. The second-order valence-electron chi connectivity index (χ2n) is 3.67. The Labute approximate surface area is 70.6 Å². The topological polar surface area (TPSA) is 69.6 Å². The molecule has 0 aromatic rings. The summed E-state index contributed by atoms with van der Waals surface area (Å²) >= 11 is 0. The summed E-state index contributed by atoms with van der Waals surface area (Å²) in [5.41, 5.74) is -2.85. The maximum Gasteiger partial charge on any atom is 0.168 e. The number of carbonyl (C=O) groups is 1. The summed E-state index contributed by atoms with van der Waals surface area (Å²) in [5, 5.41) is 22.5. The first-order valence-corrected chi connectivity index (χ1v) is 4.32.